The summed E-state index contributed by atoms with van der Waals surface area (Å²) in [7, 11) is 1.64. The normalized spacial score (nSPS) is 14.1. The number of hydrogen-bond donors (Lipinski definition) is 1. The predicted molar refractivity (Wildman–Crippen MR) is 77.0 cm³/mol. The van der Waals surface area contributed by atoms with Crippen LogP contribution in [0.5, 0.6) is 0 Å². The fourth-order valence-electron chi connectivity index (χ4n) is 1.73. The van der Waals surface area contributed by atoms with Gasteiger partial charge in [0.15, 0.2) is 0 Å². The lowest BCUT2D eigenvalue weighted by molar-refractivity contribution is -0.121. The van der Waals surface area contributed by atoms with Crippen molar-refractivity contribution in [2.24, 2.45) is 0 Å². The molecular weight excluding hydrogens is 308 g/mol. The van der Waals surface area contributed by atoms with E-state index in [9.17, 15) is 9.59 Å². The van der Waals surface area contributed by atoms with Crippen molar-refractivity contribution in [2.75, 3.05) is 13.6 Å². The summed E-state index contributed by atoms with van der Waals surface area (Å²) in [6.45, 7) is 2.06. The van der Waals surface area contributed by atoms with Crippen LogP contribution >= 0.6 is 15.9 Å². The highest BCUT2D eigenvalue weighted by Crippen LogP contribution is 2.19. The van der Waals surface area contributed by atoms with E-state index in [1.165, 1.54) is 4.90 Å². The van der Waals surface area contributed by atoms with E-state index < -0.39 is 0 Å². The molecular formula is C14H17BrN2O2. The summed E-state index contributed by atoms with van der Waals surface area (Å²) in [5.74, 6) is -0.240. The molecule has 1 aliphatic carbocycles. The first-order valence-electron chi connectivity index (χ1n) is 6.28. The van der Waals surface area contributed by atoms with Crippen LogP contribution in [-0.2, 0) is 4.79 Å². The van der Waals surface area contributed by atoms with E-state index >= 15 is 0 Å². The second kappa shape index (κ2) is 5.74. The molecule has 0 aromatic heterocycles. The number of carbonyl (C=O) groups is 2. The maximum atomic E-state index is 12.2. The Kier molecular flexibility index (Phi) is 4.24. The van der Waals surface area contributed by atoms with Crippen LogP contribution in [0.2, 0.25) is 0 Å². The van der Waals surface area contributed by atoms with Crippen LogP contribution in [0.1, 0.15) is 28.8 Å². The number of likely N-dealkylation sites (N-methyl/N-ethyl adjacent to an activating group) is 1. The zero-order valence-corrected chi connectivity index (χ0v) is 12.7. The van der Waals surface area contributed by atoms with Crippen molar-refractivity contribution in [1.82, 2.24) is 10.2 Å². The van der Waals surface area contributed by atoms with E-state index in [2.05, 4.69) is 21.2 Å². The Morgan fingerprint density at radius 1 is 1.42 bits per heavy atom. The molecule has 102 valence electrons. The minimum absolute atomic E-state index is 0.0930. The van der Waals surface area contributed by atoms with E-state index in [4.69, 9.17) is 0 Å². The molecule has 1 aliphatic rings. The summed E-state index contributed by atoms with van der Waals surface area (Å²) in [4.78, 5) is 25.3. The number of amides is 2. The summed E-state index contributed by atoms with van der Waals surface area (Å²) in [5.41, 5.74) is 1.66. The van der Waals surface area contributed by atoms with Gasteiger partial charge in [-0.15, -0.1) is 0 Å². The molecule has 0 heterocycles. The Labute approximate surface area is 121 Å². The topological polar surface area (TPSA) is 49.4 Å². The standard InChI is InChI=1S/C14H17BrN2O2/c1-9-3-4-10(7-12(9)15)14(19)17(2)8-13(18)16-11-5-6-11/h3-4,7,11H,5-6,8H2,1-2H3,(H,16,18). The molecule has 4 nitrogen and oxygen atoms in total. The van der Waals surface area contributed by atoms with Gasteiger partial charge in [0.1, 0.15) is 0 Å². The lowest BCUT2D eigenvalue weighted by Crippen LogP contribution is -2.39. The molecule has 1 N–H and O–H groups in total. The van der Waals surface area contributed by atoms with Gasteiger partial charge < -0.3 is 10.2 Å². The Hall–Kier alpha value is -1.36. The lowest BCUT2D eigenvalue weighted by Gasteiger charge is -2.17. The van der Waals surface area contributed by atoms with E-state index in [0.717, 1.165) is 22.9 Å². The molecule has 19 heavy (non-hydrogen) atoms. The van der Waals surface area contributed by atoms with E-state index in [1.54, 1.807) is 19.2 Å². The number of benzene rings is 1. The fourth-order valence-corrected chi connectivity index (χ4v) is 2.11. The summed E-state index contributed by atoms with van der Waals surface area (Å²) in [6.07, 6.45) is 2.10. The van der Waals surface area contributed by atoms with E-state index in [1.807, 2.05) is 13.0 Å². The average Bonchev–Trinajstić information content (AvgIpc) is 3.15. The quantitative estimate of drug-likeness (QED) is 0.922. The molecule has 0 unspecified atom stereocenters. The predicted octanol–water partition coefficient (Wildman–Crippen LogP) is 2.11. The third-order valence-corrected chi connectivity index (χ3v) is 3.94. The molecule has 0 saturated heterocycles. The van der Waals surface area contributed by atoms with Crippen molar-refractivity contribution in [3.63, 3.8) is 0 Å². The van der Waals surface area contributed by atoms with Gasteiger partial charge in [-0.05, 0) is 37.5 Å². The van der Waals surface area contributed by atoms with Crippen LogP contribution in [0.3, 0.4) is 0 Å². The molecule has 1 saturated carbocycles. The Balaban J connectivity index is 1.97. The number of aryl methyl sites for hydroxylation is 1. The Bertz CT molecular complexity index is 512. The number of carbonyl (C=O) groups excluding carboxylic acids is 2. The summed E-state index contributed by atoms with van der Waals surface area (Å²) < 4.78 is 0.897. The maximum absolute atomic E-state index is 12.2. The first-order valence-corrected chi connectivity index (χ1v) is 7.07. The molecule has 2 amide bonds. The first-order chi connectivity index (χ1) is 8.97. The zero-order chi connectivity index (χ0) is 14.0. The number of hydrogen-bond acceptors (Lipinski definition) is 2. The van der Waals surface area contributed by atoms with Gasteiger partial charge in [0.05, 0.1) is 6.54 Å². The van der Waals surface area contributed by atoms with Crippen molar-refractivity contribution in [1.29, 1.82) is 0 Å². The number of nitrogens with zero attached hydrogens (tertiary/aromatic N) is 1. The molecule has 1 fully saturated rings. The maximum Gasteiger partial charge on any atom is 0.254 e. The molecule has 0 radical (unpaired) electrons. The van der Waals surface area contributed by atoms with Crippen LogP contribution in [0.25, 0.3) is 0 Å². The Morgan fingerprint density at radius 3 is 2.68 bits per heavy atom. The highest BCUT2D eigenvalue weighted by molar-refractivity contribution is 9.10. The van der Waals surface area contributed by atoms with Gasteiger partial charge in [-0.3, -0.25) is 9.59 Å². The van der Waals surface area contributed by atoms with Gasteiger partial charge in [-0.1, -0.05) is 22.0 Å². The van der Waals surface area contributed by atoms with Crippen molar-refractivity contribution < 1.29 is 9.59 Å². The highest BCUT2D eigenvalue weighted by atomic mass is 79.9. The third-order valence-electron chi connectivity index (χ3n) is 3.09. The van der Waals surface area contributed by atoms with Crippen molar-refractivity contribution in [3.05, 3.63) is 33.8 Å². The molecule has 0 spiro atoms. The first kappa shape index (κ1) is 14.1. The number of nitrogens with one attached hydrogen (secondary N) is 1. The average molecular weight is 325 g/mol. The minimum Gasteiger partial charge on any atom is -0.352 e. The van der Waals surface area contributed by atoms with Crippen molar-refractivity contribution in [3.8, 4) is 0 Å². The summed E-state index contributed by atoms with van der Waals surface area (Å²) in [5, 5.41) is 2.87. The van der Waals surface area contributed by atoms with Gasteiger partial charge in [-0.25, -0.2) is 0 Å². The minimum atomic E-state index is -0.147. The van der Waals surface area contributed by atoms with Crippen LogP contribution < -0.4 is 5.32 Å². The highest BCUT2D eigenvalue weighted by Gasteiger charge is 2.24. The molecule has 2 rings (SSSR count). The zero-order valence-electron chi connectivity index (χ0n) is 11.1. The second-order valence-corrected chi connectivity index (χ2v) is 5.82. The molecule has 5 heteroatoms. The summed E-state index contributed by atoms with van der Waals surface area (Å²) >= 11 is 3.41. The monoisotopic (exact) mass is 324 g/mol. The number of rotatable bonds is 4. The Morgan fingerprint density at radius 2 is 2.11 bits per heavy atom. The van der Waals surface area contributed by atoms with Crippen LogP contribution in [0.15, 0.2) is 22.7 Å². The van der Waals surface area contributed by atoms with E-state index in [0.29, 0.717) is 11.6 Å². The number of halogens is 1. The van der Waals surface area contributed by atoms with Crippen LogP contribution in [0.4, 0.5) is 0 Å². The van der Waals surface area contributed by atoms with Crippen molar-refractivity contribution >= 4 is 27.7 Å². The molecule has 1 aromatic rings. The van der Waals surface area contributed by atoms with Gasteiger partial charge >= 0.3 is 0 Å². The van der Waals surface area contributed by atoms with Crippen LogP contribution in [-0.4, -0.2) is 36.3 Å². The molecule has 0 aliphatic heterocycles. The molecule has 1 aromatic carbocycles. The van der Waals surface area contributed by atoms with Crippen LogP contribution in [0, 0.1) is 6.92 Å². The summed E-state index contributed by atoms with van der Waals surface area (Å²) in [6, 6.07) is 5.77. The van der Waals surface area contributed by atoms with Gasteiger partial charge in [0, 0.05) is 23.1 Å². The molecule has 0 atom stereocenters. The smallest absolute Gasteiger partial charge is 0.254 e. The largest absolute Gasteiger partial charge is 0.352 e. The SMILES string of the molecule is Cc1ccc(C(=O)N(C)CC(=O)NC2CC2)cc1Br. The van der Waals surface area contributed by atoms with Gasteiger partial charge in [-0.2, -0.15) is 0 Å². The second-order valence-electron chi connectivity index (χ2n) is 4.97. The third kappa shape index (κ3) is 3.80. The van der Waals surface area contributed by atoms with Gasteiger partial charge in [0.25, 0.3) is 5.91 Å². The van der Waals surface area contributed by atoms with Crippen molar-refractivity contribution in [2.45, 2.75) is 25.8 Å². The van der Waals surface area contributed by atoms with E-state index in [-0.39, 0.29) is 18.4 Å². The molecule has 0 bridgehead atoms. The lowest BCUT2D eigenvalue weighted by atomic mass is 10.1. The fraction of sp³-hybridized carbons (Fsp3) is 0.429. The van der Waals surface area contributed by atoms with Gasteiger partial charge in [0.2, 0.25) is 5.91 Å².